The molecule has 1 aliphatic rings. The second-order valence-electron chi connectivity index (χ2n) is 4.45. The molecule has 1 saturated heterocycles. The Hall–Kier alpha value is -1.20. The molecule has 0 aliphatic carbocycles. The van der Waals surface area contributed by atoms with E-state index in [1.807, 2.05) is 25.1 Å². The Labute approximate surface area is 105 Å². The fourth-order valence-electron chi connectivity index (χ4n) is 1.89. The second-order valence-corrected chi connectivity index (χ2v) is 5.96. The van der Waals surface area contributed by atoms with Crippen LogP contribution in [0.1, 0.15) is 12.0 Å². The fourth-order valence-corrected chi connectivity index (χ4v) is 3.32. The SMILES string of the molecule is Cc1cccc(SC2(CC(=O)O)CNC2)c1N. The maximum Gasteiger partial charge on any atom is 0.304 e. The number of carbonyl (C=O) groups is 1. The van der Waals surface area contributed by atoms with Crippen LogP contribution in [0.2, 0.25) is 0 Å². The Morgan fingerprint density at radius 2 is 2.29 bits per heavy atom. The van der Waals surface area contributed by atoms with Crippen LogP contribution in [0.3, 0.4) is 0 Å². The lowest BCUT2D eigenvalue weighted by atomic mass is 9.98. The molecule has 4 N–H and O–H groups in total. The highest BCUT2D eigenvalue weighted by Gasteiger charge is 2.40. The Morgan fingerprint density at radius 1 is 1.59 bits per heavy atom. The lowest BCUT2D eigenvalue weighted by Gasteiger charge is -2.41. The number of rotatable bonds is 4. The van der Waals surface area contributed by atoms with Crippen molar-refractivity contribution < 1.29 is 9.90 Å². The number of carboxylic acids is 1. The van der Waals surface area contributed by atoms with E-state index in [1.165, 1.54) is 0 Å². The van der Waals surface area contributed by atoms with Crippen molar-refractivity contribution in [3.05, 3.63) is 23.8 Å². The summed E-state index contributed by atoms with van der Waals surface area (Å²) in [6.07, 6.45) is 0.165. The van der Waals surface area contributed by atoms with Gasteiger partial charge in [0.25, 0.3) is 0 Å². The van der Waals surface area contributed by atoms with Gasteiger partial charge >= 0.3 is 5.97 Å². The highest BCUT2D eigenvalue weighted by molar-refractivity contribution is 8.01. The van der Waals surface area contributed by atoms with E-state index in [9.17, 15) is 4.79 Å². The molecular weight excluding hydrogens is 236 g/mol. The molecule has 1 aromatic carbocycles. The van der Waals surface area contributed by atoms with E-state index in [1.54, 1.807) is 11.8 Å². The molecule has 1 heterocycles. The minimum atomic E-state index is -0.759. The molecule has 0 aromatic heterocycles. The van der Waals surface area contributed by atoms with E-state index < -0.39 is 5.97 Å². The average molecular weight is 252 g/mol. The molecule has 0 unspecified atom stereocenters. The molecule has 17 heavy (non-hydrogen) atoms. The van der Waals surface area contributed by atoms with Crippen LogP contribution in [0.4, 0.5) is 5.69 Å². The predicted octanol–water partition coefficient (Wildman–Crippen LogP) is 1.49. The van der Waals surface area contributed by atoms with Crippen LogP contribution in [0.5, 0.6) is 0 Å². The first kappa shape index (κ1) is 12.3. The molecule has 92 valence electrons. The van der Waals surface area contributed by atoms with Gasteiger partial charge in [0, 0.05) is 23.7 Å². The van der Waals surface area contributed by atoms with Gasteiger partial charge in [0.15, 0.2) is 0 Å². The first-order valence-electron chi connectivity index (χ1n) is 5.49. The number of nitrogens with two attached hydrogens (primary N) is 1. The summed E-state index contributed by atoms with van der Waals surface area (Å²) < 4.78 is -0.242. The number of nitrogen functional groups attached to an aromatic ring is 1. The number of nitrogens with one attached hydrogen (secondary N) is 1. The van der Waals surface area contributed by atoms with Gasteiger partial charge < -0.3 is 16.2 Å². The zero-order valence-corrected chi connectivity index (χ0v) is 10.5. The van der Waals surface area contributed by atoms with Crippen LogP contribution in [0.15, 0.2) is 23.1 Å². The highest BCUT2D eigenvalue weighted by atomic mass is 32.2. The van der Waals surface area contributed by atoms with Crippen molar-refractivity contribution in [1.82, 2.24) is 5.32 Å². The van der Waals surface area contributed by atoms with Gasteiger partial charge in [-0.3, -0.25) is 4.79 Å². The van der Waals surface area contributed by atoms with Crippen molar-refractivity contribution in [2.75, 3.05) is 18.8 Å². The summed E-state index contributed by atoms with van der Waals surface area (Å²) in [5.41, 5.74) is 7.80. The number of hydrogen-bond donors (Lipinski definition) is 3. The third-order valence-electron chi connectivity index (χ3n) is 2.98. The highest BCUT2D eigenvalue weighted by Crippen LogP contribution is 2.41. The van der Waals surface area contributed by atoms with Gasteiger partial charge in [-0.05, 0) is 18.6 Å². The van der Waals surface area contributed by atoms with E-state index in [-0.39, 0.29) is 11.2 Å². The molecule has 0 amide bonds. The summed E-state index contributed by atoms with van der Waals surface area (Å²) in [7, 11) is 0. The van der Waals surface area contributed by atoms with Crippen molar-refractivity contribution >= 4 is 23.4 Å². The topological polar surface area (TPSA) is 75.3 Å². The number of benzene rings is 1. The lowest BCUT2D eigenvalue weighted by Crippen LogP contribution is -2.57. The Bertz CT molecular complexity index is 444. The van der Waals surface area contributed by atoms with Crippen molar-refractivity contribution in [1.29, 1.82) is 0 Å². The minimum Gasteiger partial charge on any atom is -0.481 e. The molecule has 0 bridgehead atoms. The number of hydrogen-bond acceptors (Lipinski definition) is 4. The average Bonchev–Trinajstić information content (AvgIpc) is 2.21. The molecule has 0 radical (unpaired) electrons. The Kier molecular flexibility index (Phi) is 3.31. The molecule has 4 nitrogen and oxygen atoms in total. The van der Waals surface area contributed by atoms with Gasteiger partial charge in [-0.15, -0.1) is 11.8 Å². The van der Waals surface area contributed by atoms with E-state index >= 15 is 0 Å². The van der Waals surface area contributed by atoms with Crippen LogP contribution in [0.25, 0.3) is 0 Å². The van der Waals surface area contributed by atoms with Gasteiger partial charge in [0.05, 0.1) is 11.2 Å². The molecule has 1 aliphatic heterocycles. The van der Waals surface area contributed by atoms with Gasteiger partial charge in [-0.2, -0.15) is 0 Å². The summed E-state index contributed by atoms with van der Waals surface area (Å²) in [5.74, 6) is -0.759. The number of carboxylic acid groups (broad SMARTS) is 1. The monoisotopic (exact) mass is 252 g/mol. The zero-order chi connectivity index (χ0) is 12.5. The van der Waals surface area contributed by atoms with Crippen LogP contribution in [-0.2, 0) is 4.79 Å². The number of thioether (sulfide) groups is 1. The molecule has 1 aromatic rings. The number of para-hydroxylation sites is 1. The van der Waals surface area contributed by atoms with Crippen LogP contribution in [-0.4, -0.2) is 28.9 Å². The molecule has 0 spiro atoms. The predicted molar refractivity (Wildman–Crippen MR) is 69.3 cm³/mol. The molecule has 0 saturated carbocycles. The Balaban J connectivity index is 2.18. The third kappa shape index (κ3) is 2.56. The summed E-state index contributed by atoms with van der Waals surface area (Å²) in [6, 6.07) is 5.87. The van der Waals surface area contributed by atoms with Crippen molar-refractivity contribution in [2.24, 2.45) is 0 Å². The molecule has 1 fully saturated rings. The van der Waals surface area contributed by atoms with Gasteiger partial charge in [0.2, 0.25) is 0 Å². The van der Waals surface area contributed by atoms with Gasteiger partial charge in [0.1, 0.15) is 0 Å². The normalized spacial score (nSPS) is 17.5. The van der Waals surface area contributed by atoms with E-state index in [4.69, 9.17) is 10.8 Å². The second kappa shape index (κ2) is 4.58. The fraction of sp³-hybridized carbons (Fsp3) is 0.417. The van der Waals surface area contributed by atoms with Crippen molar-refractivity contribution in [3.8, 4) is 0 Å². The van der Waals surface area contributed by atoms with E-state index in [0.717, 1.165) is 29.2 Å². The molecule has 5 heteroatoms. The summed E-state index contributed by atoms with van der Waals surface area (Å²) in [6.45, 7) is 3.40. The quantitative estimate of drug-likeness (QED) is 0.708. The van der Waals surface area contributed by atoms with Crippen LogP contribution in [0, 0.1) is 6.92 Å². The zero-order valence-electron chi connectivity index (χ0n) is 9.69. The summed E-state index contributed by atoms with van der Waals surface area (Å²) >= 11 is 1.58. The lowest BCUT2D eigenvalue weighted by molar-refractivity contribution is -0.138. The first-order chi connectivity index (χ1) is 8.02. The standard InChI is InChI=1S/C12H16N2O2S/c1-8-3-2-4-9(11(8)13)17-12(5-10(15)16)6-14-7-12/h2-4,14H,5-7,13H2,1H3,(H,15,16). The first-order valence-corrected chi connectivity index (χ1v) is 6.31. The molecular formula is C12H16N2O2S. The number of aryl methyl sites for hydroxylation is 1. The van der Waals surface area contributed by atoms with Gasteiger partial charge in [-0.25, -0.2) is 0 Å². The smallest absolute Gasteiger partial charge is 0.304 e. The largest absolute Gasteiger partial charge is 0.481 e. The maximum atomic E-state index is 10.9. The van der Waals surface area contributed by atoms with E-state index in [0.29, 0.717) is 0 Å². The maximum absolute atomic E-state index is 10.9. The van der Waals surface area contributed by atoms with Crippen molar-refractivity contribution in [3.63, 3.8) is 0 Å². The van der Waals surface area contributed by atoms with Crippen LogP contribution >= 0.6 is 11.8 Å². The van der Waals surface area contributed by atoms with Crippen molar-refractivity contribution in [2.45, 2.75) is 23.0 Å². The third-order valence-corrected chi connectivity index (χ3v) is 4.42. The van der Waals surface area contributed by atoms with Gasteiger partial charge in [-0.1, -0.05) is 12.1 Å². The van der Waals surface area contributed by atoms with Crippen LogP contribution < -0.4 is 11.1 Å². The molecule has 2 rings (SSSR count). The molecule has 0 atom stereocenters. The number of aliphatic carboxylic acids is 1. The number of anilines is 1. The Morgan fingerprint density at radius 3 is 2.82 bits per heavy atom. The summed E-state index contributed by atoms with van der Waals surface area (Å²) in [4.78, 5) is 11.9. The minimum absolute atomic E-state index is 0.165. The summed E-state index contributed by atoms with van der Waals surface area (Å²) in [5, 5.41) is 12.1. The van der Waals surface area contributed by atoms with E-state index in [2.05, 4.69) is 5.32 Å².